The van der Waals surface area contributed by atoms with Gasteiger partial charge < -0.3 is 10.2 Å². The summed E-state index contributed by atoms with van der Waals surface area (Å²) in [5, 5.41) is 13.9. The molecule has 1 amide bonds. The molecule has 1 saturated heterocycles. The van der Waals surface area contributed by atoms with Crippen LogP contribution >= 0.6 is 15.9 Å². The Labute approximate surface area is 154 Å². The van der Waals surface area contributed by atoms with Gasteiger partial charge in [0.1, 0.15) is 0 Å². The zero-order chi connectivity index (χ0) is 17.8. The Bertz CT molecular complexity index is 804. The molecule has 1 aliphatic rings. The molecule has 0 saturated carbocycles. The Morgan fingerprint density at radius 1 is 1.12 bits per heavy atom. The lowest BCUT2D eigenvalue weighted by atomic mass is 10.1. The van der Waals surface area contributed by atoms with Crippen LogP contribution in [-0.2, 0) is 0 Å². The average Bonchev–Trinajstić information content (AvgIpc) is 2.63. The van der Waals surface area contributed by atoms with E-state index >= 15 is 0 Å². The fourth-order valence-electron chi connectivity index (χ4n) is 2.98. The molecular formula is C18H18BrN3O3. The van der Waals surface area contributed by atoms with Crippen molar-refractivity contribution in [2.75, 3.05) is 23.3 Å². The number of benzene rings is 2. The van der Waals surface area contributed by atoms with Crippen molar-refractivity contribution in [1.29, 1.82) is 0 Å². The van der Waals surface area contributed by atoms with Crippen molar-refractivity contribution in [2.45, 2.75) is 19.3 Å². The van der Waals surface area contributed by atoms with Gasteiger partial charge in [0, 0.05) is 24.7 Å². The zero-order valence-electron chi connectivity index (χ0n) is 13.6. The molecule has 0 unspecified atom stereocenters. The molecule has 25 heavy (non-hydrogen) atoms. The second-order valence-electron chi connectivity index (χ2n) is 5.94. The second kappa shape index (κ2) is 7.65. The van der Waals surface area contributed by atoms with Gasteiger partial charge in [-0.25, -0.2) is 0 Å². The van der Waals surface area contributed by atoms with E-state index in [0.717, 1.165) is 37.3 Å². The fourth-order valence-corrected chi connectivity index (χ4v) is 3.37. The van der Waals surface area contributed by atoms with Gasteiger partial charge in [0.05, 0.1) is 20.8 Å². The first kappa shape index (κ1) is 17.4. The Morgan fingerprint density at radius 2 is 1.84 bits per heavy atom. The second-order valence-corrected chi connectivity index (χ2v) is 6.80. The minimum Gasteiger partial charge on any atom is -0.370 e. The van der Waals surface area contributed by atoms with Crippen molar-refractivity contribution >= 4 is 38.9 Å². The number of nitro groups is 1. The number of hydrogen-bond acceptors (Lipinski definition) is 4. The van der Waals surface area contributed by atoms with Crippen molar-refractivity contribution < 1.29 is 9.72 Å². The molecule has 7 heteroatoms. The molecule has 1 N–H and O–H groups in total. The summed E-state index contributed by atoms with van der Waals surface area (Å²) >= 11 is 3.13. The summed E-state index contributed by atoms with van der Waals surface area (Å²) in [5.74, 6) is -0.361. The topological polar surface area (TPSA) is 75.5 Å². The van der Waals surface area contributed by atoms with Gasteiger partial charge in [-0.3, -0.25) is 14.9 Å². The van der Waals surface area contributed by atoms with Crippen LogP contribution in [0.3, 0.4) is 0 Å². The highest BCUT2D eigenvalue weighted by atomic mass is 79.9. The highest BCUT2D eigenvalue weighted by Crippen LogP contribution is 2.30. The van der Waals surface area contributed by atoms with Crippen LogP contribution in [0.1, 0.15) is 29.6 Å². The maximum absolute atomic E-state index is 12.6. The number of carbonyl (C=O) groups is 1. The number of rotatable bonds is 4. The van der Waals surface area contributed by atoms with Crippen molar-refractivity contribution in [2.24, 2.45) is 0 Å². The minimum absolute atomic E-state index is 0.128. The van der Waals surface area contributed by atoms with E-state index in [4.69, 9.17) is 0 Å². The lowest BCUT2D eigenvalue weighted by Crippen LogP contribution is -2.30. The molecule has 130 valence electrons. The van der Waals surface area contributed by atoms with Crippen molar-refractivity contribution in [3.63, 3.8) is 0 Å². The maximum Gasteiger partial charge on any atom is 0.284 e. The first-order chi connectivity index (χ1) is 12.1. The fraction of sp³-hybridized carbons (Fsp3) is 0.278. The molecule has 0 aliphatic carbocycles. The molecule has 1 aliphatic heterocycles. The molecule has 0 bridgehead atoms. The van der Waals surface area contributed by atoms with Gasteiger partial charge >= 0.3 is 0 Å². The number of nitrogens with zero attached hydrogens (tertiary/aromatic N) is 2. The molecule has 0 spiro atoms. The van der Waals surface area contributed by atoms with Gasteiger partial charge in [-0.2, -0.15) is 0 Å². The van der Waals surface area contributed by atoms with E-state index in [0.29, 0.717) is 4.47 Å². The van der Waals surface area contributed by atoms with E-state index < -0.39 is 4.92 Å². The first-order valence-corrected chi connectivity index (χ1v) is 8.95. The maximum atomic E-state index is 12.6. The summed E-state index contributed by atoms with van der Waals surface area (Å²) in [4.78, 5) is 25.4. The average molecular weight is 404 g/mol. The van der Waals surface area contributed by atoms with Gasteiger partial charge in [0.25, 0.3) is 11.6 Å². The zero-order valence-corrected chi connectivity index (χ0v) is 15.2. The number of piperidine rings is 1. The number of halogens is 1. The van der Waals surface area contributed by atoms with Gasteiger partial charge in [0.15, 0.2) is 0 Å². The molecule has 0 aromatic heterocycles. The van der Waals surface area contributed by atoms with Crippen molar-refractivity contribution in [3.05, 3.63) is 62.6 Å². The van der Waals surface area contributed by atoms with Crippen LogP contribution in [0.4, 0.5) is 17.1 Å². The number of carbonyl (C=O) groups excluding carboxylic acids is 1. The van der Waals surface area contributed by atoms with E-state index in [1.807, 2.05) is 24.3 Å². The van der Waals surface area contributed by atoms with Crippen LogP contribution in [-0.4, -0.2) is 23.9 Å². The minimum atomic E-state index is -0.511. The van der Waals surface area contributed by atoms with E-state index in [-0.39, 0.29) is 17.2 Å². The predicted molar refractivity (Wildman–Crippen MR) is 101 cm³/mol. The van der Waals surface area contributed by atoms with E-state index in [2.05, 4.69) is 26.1 Å². The third-order valence-corrected chi connectivity index (χ3v) is 4.92. The number of anilines is 2. The highest BCUT2D eigenvalue weighted by molar-refractivity contribution is 9.10. The van der Waals surface area contributed by atoms with Crippen molar-refractivity contribution in [3.8, 4) is 0 Å². The van der Waals surface area contributed by atoms with Crippen LogP contribution in [0.5, 0.6) is 0 Å². The Hall–Kier alpha value is -2.41. The molecule has 0 atom stereocenters. The number of hydrogen-bond donors (Lipinski definition) is 1. The Kier molecular flexibility index (Phi) is 5.33. The molecule has 3 rings (SSSR count). The van der Waals surface area contributed by atoms with E-state index in [1.54, 1.807) is 6.07 Å². The highest BCUT2D eigenvalue weighted by Gasteiger charge is 2.18. The number of para-hydroxylation sites is 2. The molecule has 0 radical (unpaired) electrons. The van der Waals surface area contributed by atoms with Crippen LogP contribution < -0.4 is 10.2 Å². The number of amides is 1. The summed E-state index contributed by atoms with van der Waals surface area (Å²) in [6.45, 7) is 1.94. The van der Waals surface area contributed by atoms with Crippen LogP contribution in [0.2, 0.25) is 0 Å². The van der Waals surface area contributed by atoms with Crippen LogP contribution in [0, 0.1) is 10.1 Å². The SMILES string of the molecule is O=C(Nc1ccccc1N1CCCCC1)c1ccc(Br)c([N+](=O)[O-])c1. The lowest BCUT2D eigenvalue weighted by molar-refractivity contribution is -0.385. The third kappa shape index (κ3) is 3.99. The molecule has 1 heterocycles. The molecule has 2 aromatic carbocycles. The molecular weight excluding hydrogens is 386 g/mol. The van der Waals surface area contributed by atoms with Crippen molar-refractivity contribution in [1.82, 2.24) is 0 Å². The summed E-state index contributed by atoms with van der Waals surface area (Å²) in [5.41, 5.74) is 1.84. The predicted octanol–water partition coefficient (Wildman–Crippen LogP) is 4.60. The lowest BCUT2D eigenvalue weighted by Gasteiger charge is -2.30. The van der Waals surface area contributed by atoms with E-state index in [9.17, 15) is 14.9 Å². The molecule has 1 fully saturated rings. The standard InChI is InChI=1S/C18H18BrN3O3/c19-14-9-8-13(12-17(14)22(24)25)18(23)20-15-6-2-3-7-16(15)21-10-4-1-5-11-21/h2-3,6-9,12H,1,4-5,10-11H2,(H,20,23). The van der Waals surface area contributed by atoms with Gasteiger partial charge in [0.2, 0.25) is 0 Å². The van der Waals surface area contributed by atoms with Gasteiger partial charge in [-0.1, -0.05) is 12.1 Å². The summed E-state index contributed by atoms with van der Waals surface area (Å²) in [6, 6.07) is 12.0. The number of nitro benzene ring substituents is 1. The molecule has 6 nitrogen and oxygen atoms in total. The van der Waals surface area contributed by atoms with E-state index in [1.165, 1.54) is 18.6 Å². The first-order valence-electron chi connectivity index (χ1n) is 8.15. The third-order valence-electron chi connectivity index (χ3n) is 4.25. The normalized spacial score (nSPS) is 14.2. The summed E-state index contributed by atoms with van der Waals surface area (Å²) in [7, 11) is 0. The van der Waals surface area contributed by atoms with Gasteiger partial charge in [-0.05, 0) is 59.5 Å². The quantitative estimate of drug-likeness (QED) is 0.597. The summed E-state index contributed by atoms with van der Waals surface area (Å²) < 4.78 is 0.350. The van der Waals surface area contributed by atoms with Crippen LogP contribution in [0.25, 0.3) is 0 Å². The Morgan fingerprint density at radius 3 is 2.56 bits per heavy atom. The van der Waals surface area contributed by atoms with Gasteiger partial charge in [-0.15, -0.1) is 0 Å². The smallest absolute Gasteiger partial charge is 0.284 e. The largest absolute Gasteiger partial charge is 0.370 e. The molecule has 2 aromatic rings. The number of nitrogens with one attached hydrogen (secondary N) is 1. The Balaban J connectivity index is 1.84. The monoisotopic (exact) mass is 403 g/mol. The summed E-state index contributed by atoms with van der Waals surface area (Å²) in [6.07, 6.45) is 3.51. The van der Waals surface area contributed by atoms with Crippen LogP contribution in [0.15, 0.2) is 46.9 Å².